The Morgan fingerprint density at radius 2 is 2.06 bits per heavy atom. The van der Waals surface area contributed by atoms with Gasteiger partial charge in [-0.15, -0.1) is 0 Å². The molecule has 6 nitrogen and oxygen atoms in total. The molecule has 102 valence electrons. The molecule has 0 aliphatic rings. The van der Waals surface area contributed by atoms with Gasteiger partial charge in [-0.25, -0.2) is 0 Å². The minimum atomic E-state index is -1.14. The first-order valence-electron chi connectivity index (χ1n) is 6.03. The number of carbonyl (C=O) groups excluding carboxylic acids is 2. The molecule has 0 fully saturated rings. The summed E-state index contributed by atoms with van der Waals surface area (Å²) in [5.74, 6) is -1.07. The van der Waals surface area contributed by atoms with Crippen molar-refractivity contribution in [3.05, 3.63) is 0 Å². The van der Waals surface area contributed by atoms with Crippen LogP contribution in [0.4, 0.5) is 0 Å². The molecule has 0 aliphatic heterocycles. The van der Waals surface area contributed by atoms with Crippen LogP contribution in [0.5, 0.6) is 0 Å². The van der Waals surface area contributed by atoms with Crippen LogP contribution in [-0.4, -0.2) is 29.1 Å². The van der Waals surface area contributed by atoms with Crippen molar-refractivity contribution >= 4 is 11.8 Å². The van der Waals surface area contributed by atoms with E-state index in [0.29, 0.717) is 25.7 Å². The van der Waals surface area contributed by atoms with Crippen LogP contribution in [0.15, 0.2) is 0 Å². The number of carbonyl (C=O) groups is 2. The first-order valence-corrected chi connectivity index (χ1v) is 6.03. The van der Waals surface area contributed by atoms with Gasteiger partial charge in [-0.3, -0.25) is 9.59 Å². The van der Waals surface area contributed by atoms with Gasteiger partial charge < -0.3 is 16.2 Å². The molecule has 0 aromatic heterocycles. The third-order valence-corrected chi connectivity index (χ3v) is 2.44. The van der Waals surface area contributed by atoms with Crippen molar-refractivity contribution in [1.82, 2.24) is 5.32 Å². The zero-order valence-corrected chi connectivity index (χ0v) is 10.8. The predicted octanol–water partition coefficient (Wildman–Crippen LogP) is 0.0574. The second kappa shape index (κ2) is 8.48. The van der Waals surface area contributed by atoms with E-state index in [1.54, 1.807) is 0 Å². The van der Waals surface area contributed by atoms with Gasteiger partial charge in [0, 0.05) is 6.42 Å². The summed E-state index contributed by atoms with van der Waals surface area (Å²) in [6.45, 7) is 3.77. The monoisotopic (exact) mass is 255 g/mol. The second-order valence-electron chi connectivity index (χ2n) is 4.66. The van der Waals surface area contributed by atoms with E-state index in [1.807, 2.05) is 19.9 Å². The zero-order chi connectivity index (χ0) is 14.1. The molecule has 2 amide bonds. The lowest BCUT2D eigenvalue weighted by atomic mass is 10.0. The normalized spacial score (nSPS) is 13.7. The van der Waals surface area contributed by atoms with Crippen LogP contribution in [0, 0.1) is 17.2 Å². The molecule has 0 aliphatic carbocycles. The molecule has 0 spiro atoms. The number of amides is 2. The van der Waals surface area contributed by atoms with Gasteiger partial charge >= 0.3 is 0 Å². The van der Waals surface area contributed by atoms with E-state index in [0.717, 1.165) is 0 Å². The van der Waals surface area contributed by atoms with Crippen LogP contribution in [0.3, 0.4) is 0 Å². The van der Waals surface area contributed by atoms with E-state index in [4.69, 9.17) is 11.0 Å². The topological polar surface area (TPSA) is 116 Å². The molecular formula is C12H21N3O3. The highest BCUT2D eigenvalue weighted by Gasteiger charge is 2.22. The van der Waals surface area contributed by atoms with Gasteiger partial charge in [-0.1, -0.05) is 13.8 Å². The highest BCUT2D eigenvalue weighted by Crippen LogP contribution is 2.06. The fraction of sp³-hybridized carbons (Fsp3) is 0.750. The summed E-state index contributed by atoms with van der Waals surface area (Å²) in [5.41, 5.74) is 5.15. The van der Waals surface area contributed by atoms with E-state index in [-0.39, 0.29) is 5.92 Å². The van der Waals surface area contributed by atoms with E-state index < -0.39 is 24.0 Å². The second-order valence-corrected chi connectivity index (χ2v) is 4.66. The summed E-state index contributed by atoms with van der Waals surface area (Å²) in [7, 11) is 0. The van der Waals surface area contributed by atoms with Gasteiger partial charge in [0.05, 0.1) is 6.07 Å². The number of nitrogens with zero attached hydrogens (tertiary/aromatic N) is 1. The number of aliphatic hydroxyl groups excluding tert-OH is 1. The number of nitrogens with one attached hydrogen (secondary N) is 1. The van der Waals surface area contributed by atoms with Crippen LogP contribution < -0.4 is 11.1 Å². The highest BCUT2D eigenvalue weighted by molar-refractivity contribution is 5.88. The molecule has 0 bridgehead atoms. The van der Waals surface area contributed by atoms with Gasteiger partial charge in [0.25, 0.3) is 0 Å². The molecule has 0 aromatic carbocycles. The smallest absolute Gasteiger partial charge is 0.249 e. The van der Waals surface area contributed by atoms with E-state index >= 15 is 0 Å². The lowest BCUT2D eigenvalue weighted by Gasteiger charge is -2.18. The fourth-order valence-electron chi connectivity index (χ4n) is 1.49. The molecule has 0 heterocycles. The Hall–Kier alpha value is -1.61. The molecule has 0 radical (unpaired) electrons. The Morgan fingerprint density at radius 1 is 1.44 bits per heavy atom. The number of rotatable bonds is 8. The van der Waals surface area contributed by atoms with E-state index in [1.165, 1.54) is 0 Å². The summed E-state index contributed by atoms with van der Waals surface area (Å²) in [5, 5.41) is 20.4. The Bertz CT molecular complexity index is 323. The van der Waals surface area contributed by atoms with Crippen molar-refractivity contribution < 1.29 is 14.7 Å². The molecule has 2 atom stereocenters. The summed E-state index contributed by atoms with van der Waals surface area (Å²) >= 11 is 0. The zero-order valence-electron chi connectivity index (χ0n) is 10.8. The lowest BCUT2D eigenvalue weighted by Crippen LogP contribution is -2.48. The Kier molecular flexibility index (Phi) is 7.72. The molecule has 0 saturated heterocycles. The Labute approximate surface area is 107 Å². The molecular weight excluding hydrogens is 234 g/mol. The van der Waals surface area contributed by atoms with Crippen LogP contribution in [0.1, 0.15) is 39.5 Å². The number of primary amides is 1. The third kappa shape index (κ3) is 6.86. The molecule has 4 N–H and O–H groups in total. The van der Waals surface area contributed by atoms with Crippen molar-refractivity contribution in [3.8, 4) is 6.07 Å². The van der Waals surface area contributed by atoms with Crippen LogP contribution in [0.25, 0.3) is 0 Å². The van der Waals surface area contributed by atoms with E-state index in [9.17, 15) is 14.7 Å². The maximum Gasteiger partial charge on any atom is 0.249 e. The third-order valence-electron chi connectivity index (χ3n) is 2.44. The summed E-state index contributed by atoms with van der Waals surface area (Å²) < 4.78 is 0. The maximum atomic E-state index is 11.6. The van der Waals surface area contributed by atoms with Crippen molar-refractivity contribution in [2.75, 3.05) is 0 Å². The Morgan fingerprint density at radius 3 is 2.50 bits per heavy atom. The van der Waals surface area contributed by atoms with Crippen LogP contribution in [-0.2, 0) is 9.59 Å². The number of nitrogens with two attached hydrogens (primary N) is 1. The first kappa shape index (κ1) is 16.4. The number of nitriles is 1. The number of hydrogen-bond donors (Lipinski definition) is 3. The van der Waals surface area contributed by atoms with Crippen molar-refractivity contribution in [1.29, 1.82) is 5.26 Å². The molecule has 0 aromatic rings. The molecule has 18 heavy (non-hydrogen) atoms. The average molecular weight is 255 g/mol. The number of hydrogen-bond acceptors (Lipinski definition) is 4. The van der Waals surface area contributed by atoms with Gasteiger partial charge in [0.1, 0.15) is 12.1 Å². The largest absolute Gasteiger partial charge is 0.383 e. The minimum absolute atomic E-state index is 0.177. The molecule has 0 rings (SSSR count). The summed E-state index contributed by atoms with van der Waals surface area (Å²) in [6, 6.07) is 1.12. The maximum absolute atomic E-state index is 11.6. The summed E-state index contributed by atoms with van der Waals surface area (Å²) in [4.78, 5) is 22.7. The number of aliphatic hydroxyl groups is 1. The van der Waals surface area contributed by atoms with Crippen molar-refractivity contribution in [3.63, 3.8) is 0 Å². The van der Waals surface area contributed by atoms with Gasteiger partial charge in [0.15, 0.2) is 0 Å². The SMILES string of the molecule is CC(C)C[C@H](O)C(=O)N[C@H](CCCC#N)C(N)=O. The van der Waals surface area contributed by atoms with Gasteiger partial charge in [-0.2, -0.15) is 5.26 Å². The first-order chi connectivity index (χ1) is 8.38. The van der Waals surface area contributed by atoms with E-state index in [2.05, 4.69) is 5.32 Å². The minimum Gasteiger partial charge on any atom is -0.383 e. The van der Waals surface area contributed by atoms with Crippen LogP contribution >= 0.6 is 0 Å². The summed E-state index contributed by atoms with van der Waals surface area (Å²) in [6.07, 6.45) is 0.278. The van der Waals surface area contributed by atoms with Crippen molar-refractivity contribution in [2.24, 2.45) is 11.7 Å². The quantitative estimate of drug-likeness (QED) is 0.531. The molecule has 6 heteroatoms. The van der Waals surface area contributed by atoms with Crippen LogP contribution in [0.2, 0.25) is 0 Å². The Balaban J connectivity index is 4.27. The molecule has 0 unspecified atom stereocenters. The average Bonchev–Trinajstić information content (AvgIpc) is 2.26. The standard InChI is InChI=1S/C12H21N3O3/c1-8(2)7-10(16)12(18)15-9(11(14)17)5-3-4-6-13/h8-10,16H,3-5,7H2,1-2H3,(H2,14,17)(H,15,18)/t9-,10+/m1/s1. The predicted molar refractivity (Wildman–Crippen MR) is 66.1 cm³/mol. The highest BCUT2D eigenvalue weighted by atomic mass is 16.3. The van der Waals surface area contributed by atoms with Crippen molar-refractivity contribution in [2.45, 2.75) is 51.7 Å². The van der Waals surface area contributed by atoms with Gasteiger partial charge in [-0.05, 0) is 25.2 Å². The number of unbranched alkanes of at least 4 members (excludes halogenated alkanes) is 1. The molecule has 0 saturated carbocycles. The fourth-order valence-corrected chi connectivity index (χ4v) is 1.49. The van der Waals surface area contributed by atoms with Gasteiger partial charge in [0.2, 0.25) is 11.8 Å². The lowest BCUT2D eigenvalue weighted by molar-refractivity contribution is -0.133.